The van der Waals surface area contributed by atoms with Crippen LogP contribution >= 0.6 is 0 Å². The lowest BCUT2D eigenvalue weighted by Crippen LogP contribution is -2.28. The molecule has 0 radical (unpaired) electrons. The molecule has 0 spiro atoms. The molecule has 2 aromatic heterocycles. The smallest absolute Gasteiger partial charge is 0.252 e. The van der Waals surface area contributed by atoms with Crippen LogP contribution in [0.3, 0.4) is 0 Å². The first-order chi connectivity index (χ1) is 15.2. The molecule has 31 heavy (non-hydrogen) atoms. The summed E-state index contributed by atoms with van der Waals surface area (Å²) >= 11 is 0. The number of hydrogen-bond donors (Lipinski definition) is 2. The third-order valence-corrected chi connectivity index (χ3v) is 5.13. The van der Waals surface area contributed by atoms with Crippen molar-refractivity contribution in [1.82, 2.24) is 10.3 Å². The molecule has 0 aliphatic carbocycles. The van der Waals surface area contributed by atoms with Gasteiger partial charge in [0.05, 0.1) is 29.6 Å². The molecule has 4 aromatic rings. The maximum atomic E-state index is 13.0. The van der Waals surface area contributed by atoms with E-state index in [9.17, 15) is 9.90 Å². The highest BCUT2D eigenvalue weighted by atomic mass is 16.6. The van der Waals surface area contributed by atoms with E-state index >= 15 is 0 Å². The molecule has 0 fully saturated rings. The molecule has 1 aliphatic rings. The van der Waals surface area contributed by atoms with Gasteiger partial charge < -0.3 is 24.3 Å². The number of nitrogens with zero attached hydrogens (tertiary/aromatic N) is 1. The second kappa shape index (κ2) is 8.12. The van der Waals surface area contributed by atoms with Gasteiger partial charge in [-0.3, -0.25) is 4.79 Å². The highest BCUT2D eigenvalue weighted by molar-refractivity contribution is 6.07. The van der Waals surface area contributed by atoms with Crippen LogP contribution in [0.15, 0.2) is 71.3 Å². The molecule has 7 nitrogen and oxygen atoms in total. The van der Waals surface area contributed by atoms with Gasteiger partial charge in [0.2, 0.25) is 0 Å². The Kier molecular flexibility index (Phi) is 5.01. The van der Waals surface area contributed by atoms with E-state index in [1.165, 1.54) is 6.26 Å². The van der Waals surface area contributed by atoms with E-state index in [4.69, 9.17) is 18.9 Å². The molecule has 1 unspecified atom stereocenters. The molecule has 2 N–H and O–H groups in total. The summed E-state index contributed by atoms with van der Waals surface area (Å²) in [6.45, 7) is 1.05. The number of para-hydroxylation sites is 1. The van der Waals surface area contributed by atoms with E-state index in [0.29, 0.717) is 47.2 Å². The molecule has 0 saturated heterocycles. The maximum Gasteiger partial charge on any atom is 0.252 e. The topological polar surface area (TPSA) is 93.8 Å². The minimum atomic E-state index is -0.927. The first kappa shape index (κ1) is 19.1. The van der Waals surface area contributed by atoms with Gasteiger partial charge in [0.1, 0.15) is 25.1 Å². The zero-order valence-corrected chi connectivity index (χ0v) is 16.6. The number of aromatic nitrogens is 1. The molecule has 156 valence electrons. The maximum absolute atomic E-state index is 13.0. The average molecular weight is 416 g/mol. The number of benzene rings is 2. The van der Waals surface area contributed by atoms with Gasteiger partial charge in [-0.2, -0.15) is 0 Å². The normalized spacial score (nSPS) is 13.7. The SMILES string of the molecule is O=C(NCC(O)c1ccco1)c1cc(-c2ccc3c(c2)OCCO3)nc2ccccc12. The van der Waals surface area contributed by atoms with E-state index in [0.717, 1.165) is 10.9 Å². The van der Waals surface area contributed by atoms with E-state index in [1.54, 1.807) is 18.2 Å². The van der Waals surface area contributed by atoms with Gasteiger partial charge in [-0.25, -0.2) is 4.98 Å². The molecule has 5 rings (SSSR count). The van der Waals surface area contributed by atoms with Crippen LogP contribution < -0.4 is 14.8 Å². The first-order valence-corrected chi connectivity index (χ1v) is 9.98. The summed E-state index contributed by atoms with van der Waals surface area (Å²) in [7, 11) is 0. The Morgan fingerprint density at radius 3 is 2.71 bits per heavy atom. The number of aliphatic hydroxyl groups excluding tert-OH is 1. The summed E-state index contributed by atoms with van der Waals surface area (Å²) in [5, 5.41) is 13.7. The van der Waals surface area contributed by atoms with Crippen molar-refractivity contribution in [3.63, 3.8) is 0 Å². The van der Waals surface area contributed by atoms with Crippen molar-refractivity contribution in [3.05, 3.63) is 78.3 Å². The average Bonchev–Trinajstić information content (AvgIpc) is 3.36. The Hall–Kier alpha value is -3.84. The number of carbonyl (C=O) groups excluding carboxylic acids is 1. The lowest BCUT2D eigenvalue weighted by atomic mass is 10.0. The van der Waals surface area contributed by atoms with Crippen molar-refractivity contribution < 1.29 is 23.8 Å². The zero-order valence-electron chi connectivity index (χ0n) is 16.6. The van der Waals surface area contributed by atoms with Gasteiger partial charge in [-0.05, 0) is 42.5 Å². The number of aliphatic hydroxyl groups is 1. The van der Waals surface area contributed by atoms with Gasteiger partial charge in [0.15, 0.2) is 11.5 Å². The van der Waals surface area contributed by atoms with Crippen LogP contribution in [0, 0.1) is 0 Å². The highest BCUT2D eigenvalue weighted by Gasteiger charge is 2.18. The summed E-state index contributed by atoms with van der Waals surface area (Å²) in [6.07, 6.45) is 0.556. The third kappa shape index (κ3) is 3.83. The molecule has 0 bridgehead atoms. The monoisotopic (exact) mass is 416 g/mol. The number of pyridine rings is 1. The molecular formula is C24H20N2O5. The molecule has 1 aliphatic heterocycles. The largest absolute Gasteiger partial charge is 0.486 e. The zero-order chi connectivity index (χ0) is 21.2. The number of amides is 1. The van der Waals surface area contributed by atoms with Gasteiger partial charge in [-0.1, -0.05) is 18.2 Å². The Bertz CT molecular complexity index is 1240. The summed E-state index contributed by atoms with van der Waals surface area (Å²) in [5.74, 6) is 1.45. The Labute approximate surface area is 178 Å². The fraction of sp³-hybridized carbons (Fsp3) is 0.167. The van der Waals surface area contributed by atoms with E-state index in [1.807, 2.05) is 42.5 Å². The molecule has 1 amide bonds. The van der Waals surface area contributed by atoms with Crippen LogP contribution in [0.5, 0.6) is 11.5 Å². The molecule has 3 heterocycles. The number of nitrogens with one attached hydrogen (secondary N) is 1. The van der Waals surface area contributed by atoms with Crippen molar-refractivity contribution in [2.45, 2.75) is 6.10 Å². The number of fused-ring (bicyclic) bond motifs is 2. The van der Waals surface area contributed by atoms with Crippen LogP contribution in [0.1, 0.15) is 22.2 Å². The molecule has 0 saturated carbocycles. The number of ether oxygens (including phenoxy) is 2. The Morgan fingerprint density at radius 2 is 1.87 bits per heavy atom. The predicted molar refractivity (Wildman–Crippen MR) is 114 cm³/mol. The summed E-state index contributed by atoms with van der Waals surface area (Å²) in [6, 6.07) is 18.2. The molecule has 1 atom stereocenters. The minimum Gasteiger partial charge on any atom is -0.486 e. The fourth-order valence-corrected chi connectivity index (χ4v) is 3.58. The summed E-state index contributed by atoms with van der Waals surface area (Å²) in [5.41, 5.74) is 2.64. The molecule has 2 aromatic carbocycles. The molecular weight excluding hydrogens is 396 g/mol. The van der Waals surface area contributed by atoms with Gasteiger partial charge in [0, 0.05) is 10.9 Å². The fourth-order valence-electron chi connectivity index (χ4n) is 3.58. The van der Waals surface area contributed by atoms with Crippen molar-refractivity contribution >= 4 is 16.8 Å². The van der Waals surface area contributed by atoms with E-state index in [2.05, 4.69) is 5.32 Å². The van der Waals surface area contributed by atoms with Gasteiger partial charge >= 0.3 is 0 Å². The van der Waals surface area contributed by atoms with Crippen LogP contribution in [0.2, 0.25) is 0 Å². The Morgan fingerprint density at radius 1 is 1.03 bits per heavy atom. The number of furan rings is 1. The first-order valence-electron chi connectivity index (χ1n) is 9.98. The standard InChI is InChI=1S/C24H20N2O5/c27-20(21-6-3-9-29-21)14-25-24(28)17-13-19(26-18-5-2-1-4-16(17)18)15-7-8-22-23(12-15)31-11-10-30-22/h1-9,12-13,20,27H,10-11,14H2,(H,25,28). The van der Waals surface area contributed by atoms with Crippen LogP contribution in [-0.2, 0) is 0 Å². The number of carbonyl (C=O) groups is 1. The van der Waals surface area contributed by atoms with Gasteiger partial charge in [-0.15, -0.1) is 0 Å². The summed E-state index contributed by atoms with van der Waals surface area (Å²) in [4.78, 5) is 17.8. The molecule has 7 heteroatoms. The predicted octanol–water partition coefficient (Wildman–Crippen LogP) is 3.73. The highest BCUT2D eigenvalue weighted by Crippen LogP contribution is 2.35. The van der Waals surface area contributed by atoms with Gasteiger partial charge in [0.25, 0.3) is 5.91 Å². The van der Waals surface area contributed by atoms with Crippen LogP contribution in [-0.4, -0.2) is 35.8 Å². The quantitative estimate of drug-likeness (QED) is 0.515. The second-order valence-electron chi connectivity index (χ2n) is 7.17. The lowest BCUT2D eigenvalue weighted by Gasteiger charge is -2.19. The minimum absolute atomic E-state index is 0.0301. The number of rotatable bonds is 5. The van der Waals surface area contributed by atoms with E-state index in [-0.39, 0.29) is 12.5 Å². The number of hydrogen-bond acceptors (Lipinski definition) is 6. The Balaban J connectivity index is 1.48. The third-order valence-electron chi connectivity index (χ3n) is 5.13. The van der Waals surface area contributed by atoms with Crippen molar-refractivity contribution in [2.24, 2.45) is 0 Å². The second-order valence-corrected chi connectivity index (χ2v) is 7.17. The van der Waals surface area contributed by atoms with Crippen molar-refractivity contribution in [3.8, 4) is 22.8 Å². The van der Waals surface area contributed by atoms with E-state index < -0.39 is 6.10 Å². The van der Waals surface area contributed by atoms with Crippen molar-refractivity contribution in [2.75, 3.05) is 19.8 Å². The van der Waals surface area contributed by atoms with Crippen LogP contribution in [0.4, 0.5) is 0 Å². The van der Waals surface area contributed by atoms with Crippen molar-refractivity contribution in [1.29, 1.82) is 0 Å². The summed E-state index contributed by atoms with van der Waals surface area (Å²) < 4.78 is 16.5. The van der Waals surface area contributed by atoms with Crippen LogP contribution in [0.25, 0.3) is 22.2 Å². The lowest BCUT2D eigenvalue weighted by molar-refractivity contribution is 0.0902.